The molecule has 22 heavy (non-hydrogen) atoms. The van der Waals surface area contributed by atoms with Gasteiger partial charge in [0, 0.05) is 5.69 Å². The summed E-state index contributed by atoms with van der Waals surface area (Å²) in [5, 5.41) is 2.78. The van der Waals surface area contributed by atoms with Crippen LogP contribution in [0.5, 0.6) is 0 Å². The second-order valence-corrected chi connectivity index (χ2v) is 7.05. The van der Waals surface area contributed by atoms with E-state index in [9.17, 15) is 9.59 Å². The van der Waals surface area contributed by atoms with Crippen LogP contribution >= 0.6 is 24.0 Å². The van der Waals surface area contributed by atoms with Crippen LogP contribution in [0.1, 0.15) is 31.4 Å². The molecule has 2 rings (SSSR count). The van der Waals surface area contributed by atoms with Gasteiger partial charge in [0.1, 0.15) is 10.9 Å². The van der Waals surface area contributed by atoms with E-state index in [-0.39, 0.29) is 23.6 Å². The van der Waals surface area contributed by atoms with E-state index >= 15 is 0 Å². The Balaban J connectivity index is 2.08. The first-order valence-electron chi connectivity index (χ1n) is 7.38. The Morgan fingerprint density at radius 1 is 1.41 bits per heavy atom. The van der Waals surface area contributed by atoms with E-state index in [0.717, 1.165) is 29.7 Å². The first-order chi connectivity index (χ1) is 10.5. The van der Waals surface area contributed by atoms with Gasteiger partial charge in [-0.25, -0.2) is 0 Å². The Bertz CT molecular complexity index is 616. The lowest BCUT2D eigenvalue weighted by molar-refractivity contribution is -0.129. The number of thioether (sulfide) groups is 1. The van der Waals surface area contributed by atoms with Gasteiger partial charge in [-0.05, 0) is 30.9 Å². The summed E-state index contributed by atoms with van der Waals surface area (Å²) in [7, 11) is 0. The Morgan fingerprint density at radius 3 is 2.73 bits per heavy atom. The van der Waals surface area contributed by atoms with Crippen LogP contribution in [0.3, 0.4) is 0 Å². The van der Waals surface area contributed by atoms with Gasteiger partial charge < -0.3 is 5.32 Å². The van der Waals surface area contributed by atoms with Crippen LogP contribution < -0.4 is 5.32 Å². The molecule has 1 atom stereocenters. The molecule has 0 aliphatic carbocycles. The van der Waals surface area contributed by atoms with Gasteiger partial charge in [-0.2, -0.15) is 0 Å². The number of hydrogen-bond donors (Lipinski definition) is 1. The highest BCUT2D eigenvalue weighted by atomic mass is 32.2. The second-order valence-electron chi connectivity index (χ2n) is 5.22. The van der Waals surface area contributed by atoms with E-state index < -0.39 is 0 Å². The number of carbonyl (C=O) groups excluding carboxylic acids is 2. The Morgan fingerprint density at radius 2 is 2.14 bits per heavy atom. The summed E-state index contributed by atoms with van der Waals surface area (Å²) >= 11 is 6.58. The summed E-state index contributed by atoms with van der Waals surface area (Å²) in [5.74, 6) is -0.273. The molecule has 1 aromatic carbocycles. The number of para-hydroxylation sites is 1. The smallest absolute Gasteiger partial charge is 0.244 e. The van der Waals surface area contributed by atoms with Crippen molar-refractivity contribution in [2.45, 2.75) is 38.9 Å². The molecule has 2 amide bonds. The van der Waals surface area contributed by atoms with Crippen LogP contribution in [-0.4, -0.2) is 32.8 Å². The summed E-state index contributed by atoms with van der Waals surface area (Å²) < 4.78 is 0.493. The Labute approximate surface area is 140 Å². The average Bonchev–Trinajstić information content (AvgIpc) is 2.76. The second kappa shape index (κ2) is 7.24. The number of nitrogens with one attached hydrogen (secondary N) is 1. The lowest BCUT2D eigenvalue weighted by atomic mass is 10.1. The van der Waals surface area contributed by atoms with Crippen LogP contribution in [0.15, 0.2) is 18.2 Å². The van der Waals surface area contributed by atoms with Gasteiger partial charge in [-0.3, -0.25) is 14.5 Å². The molecule has 1 fully saturated rings. The number of benzene rings is 1. The molecule has 6 heteroatoms. The summed E-state index contributed by atoms with van der Waals surface area (Å²) in [6, 6.07) is 5.94. The van der Waals surface area contributed by atoms with Crippen molar-refractivity contribution in [2.24, 2.45) is 0 Å². The molecule has 1 saturated heterocycles. The minimum atomic E-state index is -0.211. The van der Waals surface area contributed by atoms with Crippen LogP contribution in [0.2, 0.25) is 0 Å². The molecule has 1 N–H and O–H groups in total. The fourth-order valence-corrected chi connectivity index (χ4v) is 3.85. The minimum Gasteiger partial charge on any atom is -0.324 e. The van der Waals surface area contributed by atoms with Gasteiger partial charge in [0.2, 0.25) is 11.8 Å². The van der Waals surface area contributed by atoms with E-state index in [1.54, 1.807) is 0 Å². The third-order valence-electron chi connectivity index (χ3n) is 3.68. The predicted octanol–water partition coefficient (Wildman–Crippen LogP) is 3.13. The molecule has 118 valence electrons. The third-order valence-corrected chi connectivity index (χ3v) is 5.43. The topological polar surface area (TPSA) is 49.4 Å². The lowest BCUT2D eigenvalue weighted by Crippen LogP contribution is -2.38. The molecule has 0 spiro atoms. The molecule has 1 heterocycles. The van der Waals surface area contributed by atoms with E-state index in [0.29, 0.717) is 4.32 Å². The molecule has 0 aromatic heterocycles. The quantitative estimate of drug-likeness (QED) is 0.839. The first-order valence-corrected chi connectivity index (χ1v) is 8.67. The number of nitrogens with zero attached hydrogens (tertiary/aromatic N) is 1. The lowest BCUT2D eigenvalue weighted by Gasteiger charge is -2.17. The van der Waals surface area contributed by atoms with E-state index in [1.165, 1.54) is 16.7 Å². The fourth-order valence-electron chi connectivity index (χ4n) is 2.42. The van der Waals surface area contributed by atoms with E-state index in [2.05, 4.69) is 5.32 Å². The van der Waals surface area contributed by atoms with Crippen LogP contribution in [0.25, 0.3) is 0 Å². The molecular weight excluding hydrogens is 316 g/mol. The maximum Gasteiger partial charge on any atom is 0.244 e. The molecule has 0 bridgehead atoms. The normalized spacial score (nSPS) is 18.0. The minimum absolute atomic E-state index is 0.0152. The standard InChI is InChI=1S/C16H20N2O2S2/c1-4-11-8-6-7-10(3)14(11)17-13(19)9-18-15(20)12(5-2)22-16(18)21/h6-8,12H,4-5,9H2,1-3H3,(H,17,19). The molecular formula is C16H20N2O2S2. The van der Waals surface area contributed by atoms with E-state index in [1.807, 2.05) is 39.0 Å². The number of anilines is 1. The predicted molar refractivity (Wildman–Crippen MR) is 95.2 cm³/mol. The van der Waals surface area contributed by atoms with Gasteiger partial charge in [0.05, 0.1) is 5.25 Å². The average molecular weight is 336 g/mol. The van der Waals surface area contributed by atoms with Crippen LogP contribution in [0.4, 0.5) is 5.69 Å². The number of rotatable bonds is 5. The Hall–Kier alpha value is -1.40. The van der Waals surface area contributed by atoms with E-state index in [4.69, 9.17) is 12.2 Å². The number of amides is 2. The molecule has 0 saturated carbocycles. The maximum atomic E-state index is 12.3. The van der Waals surface area contributed by atoms with Gasteiger partial charge in [0.25, 0.3) is 0 Å². The van der Waals surface area contributed by atoms with Gasteiger partial charge in [-0.1, -0.05) is 56.0 Å². The molecule has 1 aliphatic rings. The summed E-state index contributed by atoms with van der Waals surface area (Å²) in [6.07, 6.45) is 1.56. The molecule has 1 unspecified atom stereocenters. The fraction of sp³-hybridized carbons (Fsp3) is 0.438. The van der Waals surface area contributed by atoms with Crippen molar-refractivity contribution in [3.63, 3.8) is 0 Å². The highest BCUT2D eigenvalue weighted by Gasteiger charge is 2.36. The summed E-state index contributed by atoms with van der Waals surface area (Å²) in [5.41, 5.74) is 2.94. The van der Waals surface area contributed by atoms with Crippen molar-refractivity contribution in [1.29, 1.82) is 0 Å². The first kappa shape index (κ1) is 17.0. The third kappa shape index (κ3) is 3.50. The van der Waals surface area contributed by atoms with Gasteiger partial charge >= 0.3 is 0 Å². The SMILES string of the molecule is CCc1cccc(C)c1NC(=O)CN1C(=O)C(CC)SC1=S. The van der Waals surface area contributed by atoms with Crippen LogP contribution in [-0.2, 0) is 16.0 Å². The zero-order valence-electron chi connectivity index (χ0n) is 13.0. The summed E-state index contributed by atoms with van der Waals surface area (Å²) in [4.78, 5) is 25.9. The maximum absolute atomic E-state index is 12.3. The molecule has 1 aliphatic heterocycles. The highest BCUT2D eigenvalue weighted by Crippen LogP contribution is 2.29. The highest BCUT2D eigenvalue weighted by molar-refractivity contribution is 8.24. The summed E-state index contributed by atoms with van der Waals surface area (Å²) in [6.45, 7) is 5.94. The van der Waals surface area contributed by atoms with Crippen molar-refractivity contribution in [3.05, 3.63) is 29.3 Å². The molecule has 4 nitrogen and oxygen atoms in total. The number of aryl methyl sites for hydroxylation is 2. The number of hydrogen-bond acceptors (Lipinski definition) is 4. The molecule has 1 aromatic rings. The van der Waals surface area contributed by atoms with Gasteiger partial charge in [0.15, 0.2) is 0 Å². The van der Waals surface area contributed by atoms with Crippen molar-refractivity contribution in [2.75, 3.05) is 11.9 Å². The van der Waals surface area contributed by atoms with Crippen LogP contribution in [0, 0.1) is 6.92 Å². The van der Waals surface area contributed by atoms with Crippen molar-refractivity contribution < 1.29 is 9.59 Å². The zero-order chi connectivity index (χ0) is 16.3. The molecule has 0 radical (unpaired) electrons. The van der Waals surface area contributed by atoms with Gasteiger partial charge in [-0.15, -0.1) is 0 Å². The van der Waals surface area contributed by atoms with Crippen molar-refractivity contribution in [3.8, 4) is 0 Å². The zero-order valence-corrected chi connectivity index (χ0v) is 14.6. The monoisotopic (exact) mass is 336 g/mol. The largest absolute Gasteiger partial charge is 0.324 e. The number of carbonyl (C=O) groups is 2. The van der Waals surface area contributed by atoms with Crippen molar-refractivity contribution in [1.82, 2.24) is 4.90 Å². The Kier molecular flexibility index (Phi) is 5.58. The van der Waals surface area contributed by atoms with Crippen molar-refractivity contribution >= 4 is 45.8 Å². The number of thiocarbonyl (C=S) groups is 1.